The molecule has 0 fully saturated rings. The normalized spacial score (nSPS) is 18.8. The van der Waals surface area contributed by atoms with E-state index < -0.39 is 0 Å². The lowest BCUT2D eigenvalue weighted by molar-refractivity contribution is 0.685. The number of pyridine rings is 1. The van der Waals surface area contributed by atoms with E-state index >= 15 is 0 Å². The quantitative estimate of drug-likeness (QED) is 0.228. The zero-order chi connectivity index (χ0) is 23.3. The minimum atomic E-state index is 0.241. The van der Waals surface area contributed by atoms with Crippen LogP contribution in [0.5, 0.6) is 0 Å². The molecule has 6 bridgehead atoms. The lowest BCUT2D eigenvalue weighted by Crippen LogP contribution is -2.12. The van der Waals surface area contributed by atoms with E-state index in [1.54, 1.807) is 0 Å². The second kappa shape index (κ2) is 6.70. The van der Waals surface area contributed by atoms with E-state index in [-0.39, 0.29) is 5.92 Å². The third-order valence-corrected chi connectivity index (χ3v) is 8.35. The molecule has 0 spiro atoms. The molecule has 2 aromatic heterocycles. The molecule has 6 aromatic rings. The number of rotatable bonds is 0. The first-order valence-electron chi connectivity index (χ1n) is 12.4. The minimum absolute atomic E-state index is 0.241. The van der Waals surface area contributed by atoms with E-state index in [4.69, 9.17) is 4.98 Å². The van der Waals surface area contributed by atoms with Crippen molar-refractivity contribution in [1.29, 1.82) is 0 Å². The van der Waals surface area contributed by atoms with Crippen molar-refractivity contribution in [2.45, 2.75) is 25.7 Å². The maximum atomic E-state index is 5.29. The van der Waals surface area contributed by atoms with E-state index in [0.717, 1.165) is 11.3 Å². The molecule has 0 N–H and O–H groups in total. The second-order valence-corrected chi connectivity index (χ2v) is 10.1. The zero-order valence-corrected chi connectivity index (χ0v) is 19.8. The number of aromatic nitrogens is 2. The number of aryl methyl sites for hydroxylation is 1. The molecule has 2 aliphatic rings. The summed E-state index contributed by atoms with van der Waals surface area (Å²) in [7, 11) is 0. The number of fused-ring (bicyclic) bond motifs is 6. The molecule has 2 heteroatoms. The molecule has 2 unspecified atom stereocenters. The minimum Gasteiger partial charge on any atom is -0.301 e. The molecule has 0 saturated carbocycles. The van der Waals surface area contributed by atoms with Crippen molar-refractivity contribution in [3.63, 3.8) is 0 Å². The van der Waals surface area contributed by atoms with Crippen LogP contribution in [0.1, 0.15) is 41.0 Å². The van der Waals surface area contributed by atoms with Crippen molar-refractivity contribution >= 4 is 38.7 Å². The highest BCUT2D eigenvalue weighted by molar-refractivity contribution is 6.02. The van der Waals surface area contributed by atoms with Crippen molar-refractivity contribution in [1.82, 2.24) is 9.55 Å². The van der Waals surface area contributed by atoms with Crippen molar-refractivity contribution in [2.75, 3.05) is 0 Å². The molecule has 0 radical (unpaired) electrons. The third-order valence-electron chi connectivity index (χ3n) is 8.35. The predicted molar refractivity (Wildman–Crippen MR) is 146 cm³/mol. The molecule has 3 heterocycles. The van der Waals surface area contributed by atoms with Crippen LogP contribution in [-0.4, -0.2) is 9.55 Å². The van der Waals surface area contributed by atoms with Crippen LogP contribution in [0.3, 0.4) is 0 Å². The standard InChI is InChI=1S/C33H24N2/c1-19-21-9-10-22-12-15-26-27-7-3-5-23-13-16-29(34-32(23)27)35-18-17-24-6-4-8-28(33(24)35)25(14-11-21)20(2)31(26)30(19)22/h3-18,20,25H,1-2H3/b14-11-. The molecule has 2 nitrogen and oxygen atoms in total. The Balaban J connectivity index is 1.65. The van der Waals surface area contributed by atoms with Gasteiger partial charge in [-0.1, -0.05) is 79.7 Å². The fourth-order valence-electron chi connectivity index (χ4n) is 6.63. The number of benzene rings is 4. The first-order valence-corrected chi connectivity index (χ1v) is 12.4. The van der Waals surface area contributed by atoms with E-state index in [1.807, 2.05) is 0 Å². The van der Waals surface area contributed by atoms with Crippen LogP contribution in [0.4, 0.5) is 0 Å². The Hall–Kier alpha value is -4.17. The van der Waals surface area contributed by atoms with Gasteiger partial charge in [0.1, 0.15) is 5.82 Å². The van der Waals surface area contributed by atoms with E-state index in [2.05, 4.69) is 116 Å². The van der Waals surface area contributed by atoms with Crippen molar-refractivity contribution in [3.8, 4) is 16.9 Å². The summed E-state index contributed by atoms with van der Waals surface area (Å²) >= 11 is 0. The molecule has 166 valence electrons. The highest BCUT2D eigenvalue weighted by Crippen LogP contribution is 2.48. The Labute approximate surface area is 204 Å². The van der Waals surface area contributed by atoms with E-state index in [1.165, 1.54) is 60.4 Å². The molecule has 1 aliphatic heterocycles. The fraction of sp³-hybridized carbons (Fsp3) is 0.121. The fourth-order valence-corrected chi connectivity index (χ4v) is 6.63. The highest BCUT2D eigenvalue weighted by Gasteiger charge is 2.29. The average Bonchev–Trinajstić information content (AvgIpc) is 3.32. The Morgan fingerprint density at radius 3 is 2.54 bits per heavy atom. The van der Waals surface area contributed by atoms with Crippen LogP contribution in [0.2, 0.25) is 0 Å². The molecular weight excluding hydrogens is 424 g/mol. The van der Waals surface area contributed by atoms with Crippen molar-refractivity contribution in [2.24, 2.45) is 0 Å². The molecule has 2 atom stereocenters. The average molecular weight is 449 g/mol. The molecule has 4 aromatic carbocycles. The molecule has 0 amide bonds. The molecule has 35 heavy (non-hydrogen) atoms. The number of nitrogens with zero attached hydrogens (tertiary/aromatic N) is 2. The Kier molecular flexibility index (Phi) is 3.67. The van der Waals surface area contributed by atoms with Crippen LogP contribution >= 0.6 is 0 Å². The highest BCUT2D eigenvalue weighted by atomic mass is 15.1. The summed E-state index contributed by atoms with van der Waals surface area (Å²) in [6.07, 6.45) is 6.96. The van der Waals surface area contributed by atoms with Gasteiger partial charge in [-0.25, -0.2) is 4.98 Å². The van der Waals surface area contributed by atoms with Gasteiger partial charge >= 0.3 is 0 Å². The Morgan fingerprint density at radius 1 is 0.771 bits per heavy atom. The summed E-state index contributed by atoms with van der Waals surface area (Å²) in [5.74, 6) is 1.50. The number of hydrogen-bond donors (Lipinski definition) is 0. The summed E-state index contributed by atoms with van der Waals surface area (Å²) in [6.45, 7) is 4.70. The van der Waals surface area contributed by atoms with Gasteiger partial charge in [0.05, 0.1) is 11.0 Å². The largest absolute Gasteiger partial charge is 0.301 e. The van der Waals surface area contributed by atoms with Crippen LogP contribution in [0.15, 0.2) is 91.1 Å². The summed E-state index contributed by atoms with van der Waals surface area (Å²) in [6, 6.07) is 29.1. The lowest BCUT2D eigenvalue weighted by Gasteiger charge is -2.29. The van der Waals surface area contributed by atoms with Crippen molar-refractivity contribution in [3.05, 3.63) is 113 Å². The maximum Gasteiger partial charge on any atom is 0.137 e. The molecule has 8 rings (SSSR count). The van der Waals surface area contributed by atoms with Gasteiger partial charge in [0.25, 0.3) is 0 Å². The van der Waals surface area contributed by atoms with E-state index in [0.29, 0.717) is 5.92 Å². The van der Waals surface area contributed by atoms with Crippen LogP contribution in [0.25, 0.3) is 55.6 Å². The molecular formula is C33H24N2. The van der Waals surface area contributed by atoms with Crippen molar-refractivity contribution < 1.29 is 0 Å². The zero-order valence-electron chi connectivity index (χ0n) is 19.8. The molecule has 1 aliphatic carbocycles. The number of para-hydroxylation sites is 2. The summed E-state index contributed by atoms with van der Waals surface area (Å²) in [5.41, 5.74) is 10.3. The third kappa shape index (κ3) is 2.46. The van der Waals surface area contributed by atoms with Gasteiger partial charge in [0, 0.05) is 28.5 Å². The number of allylic oxidation sites excluding steroid dienone is 1. The summed E-state index contributed by atoms with van der Waals surface area (Å²) in [4.78, 5) is 5.29. The summed E-state index contributed by atoms with van der Waals surface area (Å²) < 4.78 is 2.29. The second-order valence-electron chi connectivity index (χ2n) is 10.1. The Bertz CT molecular complexity index is 1890. The van der Waals surface area contributed by atoms with Gasteiger partial charge in [-0.15, -0.1) is 0 Å². The first kappa shape index (κ1) is 19.2. The van der Waals surface area contributed by atoms with Gasteiger partial charge in [0.15, 0.2) is 0 Å². The van der Waals surface area contributed by atoms with Gasteiger partial charge in [0.2, 0.25) is 0 Å². The van der Waals surface area contributed by atoms with Crippen LogP contribution < -0.4 is 0 Å². The Morgan fingerprint density at radius 2 is 1.60 bits per heavy atom. The van der Waals surface area contributed by atoms with Gasteiger partial charge in [-0.3, -0.25) is 0 Å². The SMILES string of the molecule is Cc1c2ccc3ccc4c(c13)C(C)C(/C=C\2)c1cccc2ccn(c12)-c1ccc2cccc-4c2n1. The van der Waals surface area contributed by atoms with Gasteiger partial charge in [-0.2, -0.15) is 0 Å². The van der Waals surface area contributed by atoms with Crippen LogP contribution in [0, 0.1) is 6.92 Å². The maximum absolute atomic E-state index is 5.29. The van der Waals surface area contributed by atoms with Crippen LogP contribution in [-0.2, 0) is 0 Å². The molecule has 0 saturated heterocycles. The monoisotopic (exact) mass is 448 g/mol. The summed E-state index contributed by atoms with van der Waals surface area (Å²) in [5, 5.41) is 5.15. The van der Waals surface area contributed by atoms with E-state index in [9.17, 15) is 0 Å². The lowest BCUT2D eigenvalue weighted by atomic mass is 9.74. The predicted octanol–water partition coefficient (Wildman–Crippen LogP) is 8.53. The smallest absolute Gasteiger partial charge is 0.137 e. The topological polar surface area (TPSA) is 17.8 Å². The van der Waals surface area contributed by atoms with Gasteiger partial charge < -0.3 is 4.57 Å². The van der Waals surface area contributed by atoms with Gasteiger partial charge in [-0.05, 0) is 69.6 Å². The first-order chi connectivity index (χ1) is 17.2. The number of hydrogen-bond acceptors (Lipinski definition) is 1.